The number of amides is 2. The zero-order valence-electron chi connectivity index (χ0n) is 17.3. The average Bonchev–Trinajstić information content (AvgIpc) is 3.22. The van der Waals surface area contributed by atoms with Gasteiger partial charge in [0.05, 0.1) is 10.4 Å². The second kappa shape index (κ2) is 9.11. The molecule has 1 saturated heterocycles. The zero-order valence-corrected chi connectivity index (χ0v) is 19.7. The van der Waals surface area contributed by atoms with Crippen molar-refractivity contribution < 1.29 is 9.59 Å². The SMILES string of the molecule is CCCN1C(=O)S/C(=C\c2cn(Cc3ccc(Cl)cc3Cl)c3c(CC)cccc23)C1=O. The van der Waals surface area contributed by atoms with Crippen molar-refractivity contribution >= 4 is 63.1 Å². The number of hydrogen-bond acceptors (Lipinski definition) is 3. The van der Waals surface area contributed by atoms with Gasteiger partial charge in [0.15, 0.2) is 0 Å². The van der Waals surface area contributed by atoms with Gasteiger partial charge in [0.25, 0.3) is 11.1 Å². The molecule has 0 N–H and O–H groups in total. The van der Waals surface area contributed by atoms with Crippen LogP contribution in [0.2, 0.25) is 10.0 Å². The highest BCUT2D eigenvalue weighted by molar-refractivity contribution is 8.18. The summed E-state index contributed by atoms with van der Waals surface area (Å²) in [6.07, 6.45) is 5.49. The van der Waals surface area contributed by atoms with Gasteiger partial charge in [0, 0.05) is 40.3 Å². The van der Waals surface area contributed by atoms with Gasteiger partial charge in [-0.05, 0) is 53.9 Å². The Morgan fingerprint density at radius 3 is 2.58 bits per heavy atom. The number of nitrogens with zero attached hydrogens (tertiary/aromatic N) is 2. The standard InChI is InChI=1S/C24H22Cl2N2O2S/c1-3-10-28-23(29)21(31-24(28)30)11-17-14-27(13-16-8-9-18(25)12-20(16)26)22-15(4-2)6-5-7-19(17)22/h5-9,11-12,14H,3-4,10,13H2,1-2H3/b21-11-. The Hall–Kier alpha value is -2.21. The first-order valence-electron chi connectivity index (χ1n) is 10.2. The summed E-state index contributed by atoms with van der Waals surface area (Å²) in [5.74, 6) is -0.217. The average molecular weight is 473 g/mol. The molecular weight excluding hydrogens is 451 g/mol. The van der Waals surface area contributed by atoms with Gasteiger partial charge < -0.3 is 4.57 Å². The number of benzene rings is 2. The van der Waals surface area contributed by atoms with E-state index >= 15 is 0 Å². The number of thioether (sulfide) groups is 1. The van der Waals surface area contributed by atoms with Crippen LogP contribution in [0.15, 0.2) is 47.5 Å². The Bertz CT molecular complexity index is 1220. The summed E-state index contributed by atoms with van der Waals surface area (Å²) in [5, 5.41) is 2.06. The molecular formula is C24H22Cl2N2O2S. The molecule has 0 saturated carbocycles. The zero-order chi connectivity index (χ0) is 22.1. The van der Waals surface area contributed by atoms with Crippen LogP contribution in [0, 0.1) is 0 Å². The van der Waals surface area contributed by atoms with Crippen molar-refractivity contribution in [2.45, 2.75) is 33.2 Å². The highest BCUT2D eigenvalue weighted by atomic mass is 35.5. The lowest BCUT2D eigenvalue weighted by Gasteiger charge is -2.10. The summed E-state index contributed by atoms with van der Waals surface area (Å²) in [6.45, 7) is 5.10. The minimum absolute atomic E-state index is 0.205. The third-order valence-corrected chi connectivity index (χ3v) is 6.85. The molecule has 0 spiro atoms. The number of halogens is 2. The number of imide groups is 1. The van der Waals surface area contributed by atoms with Gasteiger partial charge in [0.1, 0.15) is 0 Å². The number of carbonyl (C=O) groups excluding carboxylic acids is 2. The normalized spacial score (nSPS) is 15.6. The van der Waals surface area contributed by atoms with Crippen molar-refractivity contribution in [3.63, 3.8) is 0 Å². The van der Waals surface area contributed by atoms with Crippen LogP contribution in [0.1, 0.15) is 37.0 Å². The van der Waals surface area contributed by atoms with E-state index in [0.29, 0.717) is 28.0 Å². The summed E-state index contributed by atoms with van der Waals surface area (Å²) in [5.41, 5.74) is 4.19. The molecule has 31 heavy (non-hydrogen) atoms. The topological polar surface area (TPSA) is 42.3 Å². The highest BCUT2D eigenvalue weighted by Gasteiger charge is 2.34. The number of hydrogen-bond donors (Lipinski definition) is 0. The summed E-state index contributed by atoms with van der Waals surface area (Å²) in [4.78, 5) is 26.8. The maximum Gasteiger partial charge on any atom is 0.293 e. The number of fused-ring (bicyclic) bond motifs is 1. The number of aromatic nitrogens is 1. The minimum Gasteiger partial charge on any atom is -0.342 e. The first kappa shape index (κ1) is 22.0. The van der Waals surface area contributed by atoms with E-state index < -0.39 is 0 Å². The Labute approximate surface area is 195 Å². The van der Waals surface area contributed by atoms with Gasteiger partial charge in [-0.25, -0.2) is 0 Å². The van der Waals surface area contributed by atoms with Crippen molar-refractivity contribution in [2.24, 2.45) is 0 Å². The molecule has 1 aromatic heterocycles. The fraction of sp³-hybridized carbons (Fsp3) is 0.250. The van der Waals surface area contributed by atoms with E-state index in [1.807, 2.05) is 37.4 Å². The van der Waals surface area contributed by atoms with Crippen LogP contribution in [0.4, 0.5) is 4.79 Å². The third kappa shape index (κ3) is 4.27. The largest absolute Gasteiger partial charge is 0.342 e. The lowest BCUT2D eigenvalue weighted by molar-refractivity contribution is -0.122. The van der Waals surface area contributed by atoms with E-state index in [0.717, 1.165) is 46.6 Å². The quantitative estimate of drug-likeness (QED) is 0.362. The van der Waals surface area contributed by atoms with E-state index in [9.17, 15) is 9.59 Å². The molecule has 160 valence electrons. The van der Waals surface area contributed by atoms with Crippen molar-refractivity contribution in [3.05, 3.63) is 74.2 Å². The first-order valence-corrected chi connectivity index (χ1v) is 11.8. The molecule has 1 aliphatic heterocycles. The van der Waals surface area contributed by atoms with E-state index in [1.165, 1.54) is 10.5 Å². The molecule has 1 fully saturated rings. The molecule has 0 bridgehead atoms. The number of carbonyl (C=O) groups is 2. The van der Waals surface area contributed by atoms with E-state index in [4.69, 9.17) is 23.2 Å². The Balaban J connectivity index is 1.81. The Kier molecular flexibility index (Phi) is 6.47. The molecule has 0 radical (unpaired) electrons. The van der Waals surface area contributed by atoms with Crippen LogP contribution in [-0.4, -0.2) is 27.2 Å². The smallest absolute Gasteiger partial charge is 0.293 e. The monoisotopic (exact) mass is 472 g/mol. The van der Waals surface area contributed by atoms with Gasteiger partial charge in [-0.15, -0.1) is 0 Å². The molecule has 0 atom stereocenters. The lowest BCUT2D eigenvalue weighted by Crippen LogP contribution is -2.28. The predicted molar refractivity (Wildman–Crippen MR) is 130 cm³/mol. The van der Waals surface area contributed by atoms with E-state index in [1.54, 1.807) is 6.07 Å². The third-order valence-electron chi connectivity index (χ3n) is 5.36. The molecule has 0 unspecified atom stereocenters. The van der Waals surface area contributed by atoms with Crippen LogP contribution in [0.3, 0.4) is 0 Å². The number of para-hydroxylation sites is 1. The van der Waals surface area contributed by atoms with Crippen molar-refractivity contribution in [1.82, 2.24) is 9.47 Å². The Morgan fingerprint density at radius 1 is 1.06 bits per heavy atom. The van der Waals surface area contributed by atoms with Crippen LogP contribution < -0.4 is 0 Å². The molecule has 0 aliphatic carbocycles. The molecule has 7 heteroatoms. The van der Waals surface area contributed by atoms with E-state index in [-0.39, 0.29) is 11.1 Å². The fourth-order valence-electron chi connectivity index (χ4n) is 3.88. The van der Waals surface area contributed by atoms with Crippen LogP contribution >= 0.6 is 35.0 Å². The molecule has 2 heterocycles. The second-order valence-corrected chi connectivity index (χ2v) is 9.29. The minimum atomic E-state index is -0.217. The number of rotatable bonds is 6. The molecule has 3 aromatic rings. The van der Waals surface area contributed by atoms with E-state index in [2.05, 4.69) is 23.6 Å². The van der Waals surface area contributed by atoms with Gasteiger partial charge in [-0.2, -0.15) is 0 Å². The van der Waals surface area contributed by atoms with Gasteiger partial charge in [-0.3, -0.25) is 14.5 Å². The summed E-state index contributed by atoms with van der Waals surface area (Å²) < 4.78 is 2.16. The number of aryl methyl sites for hydroxylation is 1. The predicted octanol–water partition coefficient (Wildman–Crippen LogP) is 7.01. The maximum atomic E-state index is 12.7. The van der Waals surface area contributed by atoms with Crippen LogP contribution in [0.25, 0.3) is 17.0 Å². The molecule has 4 nitrogen and oxygen atoms in total. The van der Waals surface area contributed by atoms with Crippen molar-refractivity contribution in [3.8, 4) is 0 Å². The highest BCUT2D eigenvalue weighted by Crippen LogP contribution is 2.35. The fourth-order valence-corrected chi connectivity index (χ4v) is 5.21. The summed E-state index contributed by atoms with van der Waals surface area (Å²) >= 11 is 13.5. The lowest BCUT2D eigenvalue weighted by atomic mass is 10.1. The first-order chi connectivity index (χ1) is 14.9. The molecule has 4 rings (SSSR count). The van der Waals surface area contributed by atoms with Gasteiger partial charge in [-0.1, -0.05) is 61.3 Å². The summed E-state index contributed by atoms with van der Waals surface area (Å²) in [7, 11) is 0. The van der Waals surface area contributed by atoms with Crippen molar-refractivity contribution in [1.29, 1.82) is 0 Å². The maximum absolute atomic E-state index is 12.7. The molecule has 1 aliphatic rings. The Morgan fingerprint density at radius 2 is 1.87 bits per heavy atom. The second-order valence-electron chi connectivity index (χ2n) is 7.45. The van der Waals surface area contributed by atoms with Gasteiger partial charge >= 0.3 is 0 Å². The van der Waals surface area contributed by atoms with Crippen LogP contribution in [-0.2, 0) is 17.8 Å². The summed E-state index contributed by atoms with van der Waals surface area (Å²) in [6, 6.07) is 11.7. The van der Waals surface area contributed by atoms with Crippen LogP contribution in [0.5, 0.6) is 0 Å². The molecule has 2 amide bonds. The van der Waals surface area contributed by atoms with Gasteiger partial charge in [0.2, 0.25) is 0 Å². The molecule has 2 aromatic carbocycles. The van der Waals surface area contributed by atoms with Crippen molar-refractivity contribution in [2.75, 3.05) is 6.54 Å².